The van der Waals surface area contributed by atoms with E-state index in [9.17, 15) is 27.2 Å². The summed E-state index contributed by atoms with van der Waals surface area (Å²) in [6.45, 7) is 3.11. The van der Waals surface area contributed by atoms with Crippen molar-refractivity contribution in [1.82, 2.24) is 0 Å². The fraction of sp³-hybridized carbons (Fsp3) is 0. The molecule has 0 heterocycles. The third-order valence-corrected chi connectivity index (χ3v) is 2.37. The highest BCUT2D eigenvalue weighted by Crippen LogP contribution is 2.08. The topological polar surface area (TPSA) is 51.2 Å². The van der Waals surface area contributed by atoms with Gasteiger partial charge in [-0.25, -0.2) is 17.6 Å². The van der Waals surface area contributed by atoms with Gasteiger partial charge in [0, 0.05) is 17.7 Å². The van der Waals surface area contributed by atoms with Crippen LogP contribution in [0.25, 0.3) is 6.08 Å². The van der Waals surface area contributed by atoms with Gasteiger partial charge in [0.1, 0.15) is 42.1 Å². The third-order valence-electron chi connectivity index (χ3n) is 2.37. The van der Waals surface area contributed by atoms with E-state index in [0.717, 1.165) is 30.3 Å². The molecule has 0 N–H and O–H groups in total. The lowest BCUT2D eigenvalue weighted by molar-refractivity contribution is -0.104. The molecule has 7 heteroatoms. The normalized spacial score (nSPS) is 9.23. The van der Waals surface area contributed by atoms with Gasteiger partial charge < -0.3 is 0 Å². The number of hydrogen-bond donors (Lipinski definition) is 0. The van der Waals surface area contributed by atoms with Crippen molar-refractivity contribution in [3.05, 3.63) is 89.5 Å². The first-order valence-electron chi connectivity index (χ1n) is 6.91. The molecule has 0 aromatic heterocycles. The molecule has 2 aromatic rings. The predicted molar refractivity (Wildman–Crippen MR) is 89.5 cm³/mol. The zero-order chi connectivity index (χ0) is 19.9. The Morgan fingerprint density at radius 1 is 0.654 bits per heavy atom. The average molecular weight is 366 g/mol. The third kappa shape index (κ3) is 10.4. The number of aldehydes is 3. The van der Waals surface area contributed by atoms with Crippen molar-refractivity contribution in [1.29, 1.82) is 0 Å². The molecule has 0 unspecified atom stereocenters. The maximum atomic E-state index is 12.5. The van der Waals surface area contributed by atoms with Crippen LogP contribution in [0.5, 0.6) is 0 Å². The van der Waals surface area contributed by atoms with Crippen molar-refractivity contribution in [3.63, 3.8) is 0 Å². The molecule has 0 bridgehead atoms. The van der Waals surface area contributed by atoms with Crippen molar-refractivity contribution in [2.75, 3.05) is 0 Å². The van der Waals surface area contributed by atoms with Crippen molar-refractivity contribution in [3.8, 4) is 0 Å². The summed E-state index contributed by atoms with van der Waals surface area (Å²) in [5, 5.41) is 0. The molecule has 0 spiro atoms. The Kier molecular flexibility index (Phi) is 11.3. The number of benzene rings is 2. The van der Waals surface area contributed by atoms with Gasteiger partial charge in [-0.05, 0) is 42.0 Å². The highest BCUT2D eigenvalue weighted by Gasteiger charge is 1.97. The largest absolute Gasteiger partial charge is 0.299 e. The second-order valence-corrected chi connectivity index (χ2v) is 4.39. The Labute approximate surface area is 147 Å². The van der Waals surface area contributed by atoms with E-state index >= 15 is 0 Å². The van der Waals surface area contributed by atoms with Crippen LogP contribution in [-0.2, 0) is 9.59 Å². The molecule has 136 valence electrons. The zero-order valence-electron chi connectivity index (χ0n) is 13.4. The van der Waals surface area contributed by atoms with Gasteiger partial charge in [0.05, 0.1) is 0 Å². The van der Waals surface area contributed by atoms with E-state index in [0.29, 0.717) is 30.5 Å². The minimum atomic E-state index is -0.734. The fourth-order valence-corrected chi connectivity index (χ4v) is 1.46. The molecule has 26 heavy (non-hydrogen) atoms. The number of hydrogen-bond acceptors (Lipinski definition) is 3. The molecule has 2 aromatic carbocycles. The Balaban J connectivity index is 0.000000405. The fourth-order valence-electron chi connectivity index (χ4n) is 1.46. The van der Waals surface area contributed by atoms with Gasteiger partial charge in [0.25, 0.3) is 0 Å². The number of allylic oxidation sites excluding steroid dienone is 2. The summed E-state index contributed by atoms with van der Waals surface area (Å²) in [4.78, 5) is 28.9. The van der Waals surface area contributed by atoms with E-state index in [-0.39, 0.29) is 5.56 Å². The van der Waals surface area contributed by atoms with Crippen molar-refractivity contribution >= 4 is 24.9 Å². The van der Waals surface area contributed by atoms with Crippen LogP contribution in [0, 0.1) is 23.3 Å². The smallest absolute Gasteiger partial charge is 0.150 e. The summed E-state index contributed by atoms with van der Waals surface area (Å²) in [5.41, 5.74) is 0.345. The van der Waals surface area contributed by atoms with Crippen LogP contribution in [0.4, 0.5) is 17.6 Å². The Morgan fingerprint density at radius 3 is 1.35 bits per heavy atom. The van der Waals surface area contributed by atoms with Crippen LogP contribution in [-0.4, -0.2) is 18.9 Å². The van der Waals surface area contributed by atoms with Gasteiger partial charge in [-0.3, -0.25) is 14.4 Å². The Hall–Kier alpha value is -3.35. The van der Waals surface area contributed by atoms with Crippen LogP contribution in [0.3, 0.4) is 0 Å². The molecule has 0 saturated heterocycles. The molecular weight excluding hydrogens is 352 g/mol. The first-order valence-corrected chi connectivity index (χ1v) is 6.91. The van der Waals surface area contributed by atoms with Gasteiger partial charge in [0.2, 0.25) is 0 Å². The molecule has 0 aliphatic heterocycles. The lowest BCUT2D eigenvalue weighted by atomic mass is 10.2. The number of halogens is 4. The maximum absolute atomic E-state index is 12.5. The van der Waals surface area contributed by atoms with Gasteiger partial charge in [-0.1, -0.05) is 12.7 Å². The predicted octanol–water partition coefficient (Wildman–Crippen LogP) is 4.33. The number of carbonyl (C=O) groups is 3. The van der Waals surface area contributed by atoms with Crippen LogP contribution >= 0.6 is 0 Å². The highest BCUT2D eigenvalue weighted by molar-refractivity contribution is 5.74. The lowest BCUT2D eigenvalue weighted by Gasteiger charge is -1.93. The van der Waals surface area contributed by atoms with Gasteiger partial charge in [0.15, 0.2) is 0 Å². The minimum Gasteiger partial charge on any atom is -0.299 e. The molecule has 0 radical (unpaired) electrons. The van der Waals surface area contributed by atoms with E-state index in [4.69, 9.17) is 4.79 Å². The summed E-state index contributed by atoms with van der Waals surface area (Å²) in [6.07, 6.45) is 5.28. The molecule has 0 amide bonds. The van der Waals surface area contributed by atoms with Crippen LogP contribution in [0.2, 0.25) is 0 Å². The average Bonchev–Trinajstić information content (AvgIpc) is 2.59. The van der Waals surface area contributed by atoms with Crippen LogP contribution < -0.4 is 0 Å². The van der Waals surface area contributed by atoms with Gasteiger partial charge in [-0.15, -0.1) is 0 Å². The maximum Gasteiger partial charge on any atom is 0.150 e. The first kappa shape index (κ1) is 22.7. The lowest BCUT2D eigenvalue weighted by Crippen LogP contribution is -1.84. The summed E-state index contributed by atoms with van der Waals surface area (Å²) in [6, 6.07) is 5.71. The van der Waals surface area contributed by atoms with Crippen molar-refractivity contribution in [2.24, 2.45) is 0 Å². The second kappa shape index (κ2) is 13.0. The zero-order valence-corrected chi connectivity index (χ0v) is 13.4. The van der Waals surface area contributed by atoms with Crippen LogP contribution in [0.1, 0.15) is 15.9 Å². The van der Waals surface area contributed by atoms with E-state index in [1.807, 2.05) is 0 Å². The Bertz CT molecular complexity index is 740. The van der Waals surface area contributed by atoms with Crippen molar-refractivity contribution in [2.45, 2.75) is 0 Å². The molecule has 0 aliphatic carbocycles. The molecule has 0 aliphatic rings. The molecular formula is C19H14F4O3. The highest BCUT2D eigenvalue weighted by atomic mass is 19.1. The second-order valence-electron chi connectivity index (χ2n) is 4.39. The number of rotatable bonds is 4. The molecule has 2 rings (SSSR count). The summed E-state index contributed by atoms with van der Waals surface area (Å²) < 4.78 is 49.4. The van der Waals surface area contributed by atoms with E-state index in [2.05, 4.69) is 6.58 Å². The van der Waals surface area contributed by atoms with E-state index < -0.39 is 23.3 Å². The van der Waals surface area contributed by atoms with Gasteiger partial charge >= 0.3 is 0 Å². The van der Waals surface area contributed by atoms with E-state index in [1.54, 1.807) is 0 Å². The quantitative estimate of drug-likeness (QED) is 0.460. The monoisotopic (exact) mass is 366 g/mol. The van der Waals surface area contributed by atoms with Gasteiger partial charge in [-0.2, -0.15) is 0 Å². The van der Waals surface area contributed by atoms with E-state index in [1.165, 1.54) is 18.2 Å². The standard InChI is InChI=1S/C9H6F2O.C7H4F2O.C3H4O/c10-8-4-7(2-1-3-12)5-9(11)6-8;8-6-1-5(4-10)2-7(9)3-6;1-2-3-4/h1-6H;1-4H;2-3H,1H2/b2-1+;;. The summed E-state index contributed by atoms with van der Waals surface area (Å²) >= 11 is 0. The molecule has 0 fully saturated rings. The summed E-state index contributed by atoms with van der Waals surface area (Å²) in [7, 11) is 0. The first-order chi connectivity index (χ1) is 12.4. The number of carbonyl (C=O) groups excluding carboxylic acids is 3. The molecule has 0 saturated carbocycles. The molecule has 3 nitrogen and oxygen atoms in total. The SMILES string of the molecule is C=CC=O.O=C/C=C/c1cc(F)cc(F)c1.O=Cc1cc(F)cc(F)c1. The minimum absolute atomic E-state index is 0.0116. The molecule has 0 atom stereocenters. The Morgan fingerprint density at radius 2 is 1.04 bits per heavy atom. The summed E-state index contributed by atoms with van der Waals surface area (Å²) in [5.74, 6) is -2.77. The van der Waals surface area contributed by atoms with Crippen LogP contribution in [0.15, 0.2) is 55.1 Å². The van der Waals surface area contributed by atoms with Crippen molar-refractivity contribution < 1.29 is 31.9 Å².